The summed E-state index contributed by atoms with van der Waals surface area (Å²) >= 11 is 5.81. The van der Waals surface area contributed by atoms with Gasteiger partial charge in [0.15, 0.2) is 0 Å². The molecule has 112 valence electrons. The molecule has 3 N–H and O–H groups in total. The predicted molar refractivity (Wildman–Crippen MR) is 82.1 cm³/mol. The van der Waals surface area contributed by atoms with Gasteiger partial charge in [-0.3, -0.25) is 10.1 Å². The van der Waals surface area contributed by atoms with Crippen LogP contribution in [-0.2, 0) is 5.54 Å². The fraction of sp³-hybridized carbons (Fsp3) is 0.357. The highest BCUT2D eigenvalue weighted by Crippen LogP contribution is 2.30. The van der Waals surface area contributed by atoms with Crippen LogP contribution in [0.5, 0.6) is 0 Å². The molecule has 1 unspecified atom stereocenters. The molecule has 0 fully saturated rings. The average Bonchev–Trinajstić information content (AvgIpc) is 2.89. The summed E-state index contributed by atoms with van der Waals surface area (Å²) < 4.78 is 0. The van der Waals surface area contributed by atoms with Crippen LogP contribution in [0.1, 0.15) is 32.5 Å². The van der Waals surface area contributed by atoms with Crippen molar-refractivity contribution >= 4 is 17.3 Å². The third kappa shape index (κ3) is 3.22. The Hall–Kier alpha value is -1.92. The highest BCUT2D eigenvalue weighted by atomic mass is 35.5. The standard InChI is InChI=1S/C14H17ClN4O2/c1-3-6-14(2,16)13-17-8-11(18-13)9-4-5-10(15)12(7-9)19(20)21/h4-5,7-8H,3,6,16H2,1-2H3,(H,17,18). The molecule has 0 aliphatic carbocycles. The van der Waals surface area contributed by atoms with E-state index in [4.69, 9.17) is 17.3 Å². The lowest BCUT2D eigenvalue weighted by atomic mass is 9.97. The molecule has 0 bridgehead atoms. The van der Waals surface area contributed by atoms with Gasteiger partial charge in [-0.2, -0.15) is 0 Å². The van der Waals surface area contributed by atoms with Gasteiger partial charge in [0.2, 0.25) is 0 Å². The van der Waals surface area contributed by atoms with Gasteiger partial charge >= 0.3 is 0 Å². The number of halogens is 1. The van der Waals surface area contributed by atoms with Gasteiger partial charge in [0.25, 0.3) is 5.69 Å². The van der Waals surface area contributed by atoms with Crippen LogP contribution in [0.4, 0.5) is 5.69 Å². The van der Waals surface area contributed by atoms with Gasteiger partial charge in [0.1, 0.15) is 10.8 Å². The summed E-state index contributed by atoms with van der Waals surface area (Å²) in [5.74, 6) is 0.664. The second kappa shape index (κ2) is 5.83. The summed E-state index contributed by atoms with van der Waals surface area (Å²) in [5, 5.41) is 11.0. The first-order valence-electron chi connectivity index (χ1n) is 6.64. The van der Waals surface area contributed by atoms with Crippen molar-refractivity contribution in [1.82, 2.24) is 9.97 Å². The Balaban J connectivity index is 2.38. The largest absolute Gasteiger partial charge is 0.340 e. The van der Waals surface area contributed by atoms with Crippen molar-refractivity contribution < 1.29 is 4.92 Å². The van der Waals surface area contributed by atoms with Crippen molar-refractivity contribution in [2.45, 2.75) is 32.2 Å². The van der Waals surface area contributed by atoms with Gasteiger partial charge in [-0.15, -0.1) is 0 Å². The van der Waals surface area contributed by atoms with Crippen LogP contribution < -0.4 is 5.73 Å². The molecular weight excluding hydrogens is 292 g/mol. The molecule has 1 aromatic carbocycles. The van der Waals surface area contributed by atoms with E-state index in [1.807, 2.05) is 6.92 Å². The number of nitrogens with zero attached hydrogens (tertiary/aromatic N) is 2. The fourth-order valence-corrected chi connectivity index (χ4v) is 2.40. The highest BCUT2D eigenvalue weighted by Gasteiger charge is 2.24. The Bertz CT molecular complexity index is 667. The quantitative estimate of drug-likeness (QED) is 0.651. The first kappa shape index (κ1) is 15.5. The monoisotopic (exact) mass is 308 g/mol. The van der Waals surface area contributed by atoms with Crippen LogP contribution in [0.2, 0.25) is 5.02 Å². The van der Waals surface area contributed by atoms with E-state index in [1.165, 1.54) is 12.1 Å². The number of hydrogen-bond acceptors (Lipinski definition) is 4. The van der Waals surface area contributed by atoms with E-state index >= 15 is 0 Å². The van der Waals surface area contributed by atoms with E-state index in [1.54, 1.807) is 12.3 Å². The lowest BCUT2D eigenvalue weighted by molar-refractivity contribution is -0.384. The number of nitrogens with two attached hydrogens (primary N) is 1. The van der Waals surface area contributed by atoms with Crippen molar-refractivity contribution in [2.24, 2.45) is 5.73 Å². The lowest BCUT2D eigenvalue weighted by Gasteiger charge is -2.21. The molecule has 21 heavy (non-hydrogen) atoms. The van der Waals surface area contributed by atoms with E-state index in [0.717, 1.165) is 12.8 Å². The molecule has 0 saturated heterocycles. The Labute approximate surface area is 127 Å². The summed E-state index contributed by atoms with van der Waals surface area (Å²) in [6, 6.07) is 4.64. The van der Waals surface area contributed by atoms with E-state index in [0.29, 0.717) is 17.1 Å². The van der Waals surface area contributed by atoms with Gasteiger partial charge in [0, 0.05) is 11.6 Å². The van der Waals surface area contributed by atoms with E-state index in [-0.39, 0.29) is 10.7 Å². The third-order valence-corrected chi connectivity index (χ3v) is 3.66. The molecule has 7 heteroatoms. The minimum absolute atomic E-state index is 0.109. The molecule has 0 aliphatic heterocycles. The number of benzene rings is 1. The molecular formula is C14H17ClN4O2. The Morgan fingerprint density at radius 1 is 1.52 bits per heavy atom. The maximum Gasteiger partial charge on any atom is 0.288 e. The van der Waals surface area contributed by atoms with Crippen LogP contribution in [-0.4, -0.2) is 14.9 Å². The van der Waals surface area contributed by atoms with Crippen LogP contribution in [0, 0.1) is 10.1 Å². The number of hydrogen-bond donors (Lipinski definition) is 2. The van der Waals surface area contributed by atoms with Crippen molar-refractivity contribution in [3.8, 4) is 11.3 Å². The number of imidazole rings is 1. The minimum Gasteiger partial charge on any atom is -0.340 e. The Kier molecular flexibility index (Phi) is 4.29. The Morgan fingerprint density at radius 2 is 2.24 bits per heavy atom. The topological polar surface area (TPSA) is 97.8 Å². The molecule has 0 amide bonds. The van der Waals surface area contributed by atoms with E-state index in [2.05, 4.69) is 16.9 Å². The number of nitro benzene ring substituents is 1. The molecule has 1 heterocycles. The molecule has 2 rings (SSSR count). The van der Waals surface area contributed by atoms with Crippen molar-refractivity contribution in [1.29, 1.82) is 0 Å². The summed E-state index contributed by atoms with van der Waals surface area (Å²) in [5.41, 5.74) is 6.87. The van der Waals surface area contributed by atoms with Gasteiger partial charge in [-0.1, -0.05) is 31.0 Å². The molecule has 1 atom stereocenters. The number of nitrogens with one attached hydrogen (secondary N) is 1. The number of nitro groups is 1. The van der Waals surface area contributed by atoms with E-state index in [9.17, 15) is 10.1 Å². The highest BCUT2D eigenvalue weighted by molar-refractivity contribution is 6.32. The third-order valence-electron chi connectivity index (χ3n) is 3.34. The van der Waals surface area contributed by atoms with E-state index < -0.39 is 10.5 Å². The summed E-state index contributed by atoms with van der Waals surface area (Å²) in [6.45, 7) is 3.96. The zero-order chi connectivity index (χ0) is 15.6. The number of aromatic amines is 1. The van der Waals surface area contributed by atoms with Crippen molar-refractivity contribution in [3.63, 3.8) is 0 Å². The van der Waals surface area contributed by atoms with Gasteiger partial charge in [0.05, 0.1) is 22.4 Å². The number of H-pyrrole nitrogens is 1. The molecule has 1 aromatic heterocycles. The SMILES string of the molecule is CCCC(C)(N)c1ncc(-c2ccc(Cl)c([N+](=O)[O-])c2)[nH]1. The lowest BCUT2D eigenvalue weighted by Crippen LogP contribution is -2.34. The minimum atomic E-state index is -0.550. The van der Waals surface area contributed by atoms with Crippen molar-refractivity contribution in [3.05, 3.63) is 45.4 Å². The molecule has 0 aliphatic rings. The maximum atomic E-state index is 10.9. The molecule has 2 aromatic rings. The summed E-state index contributed by atoms with van der Waals surface area (Å²) in [6.07, 6.45) is 3.36. The molecule has 6 nitrogen and oxygen atoms in total. The van der Waals surface area contributed by atoms with Gasteiger partial charge in [-0.25, -0.2) is 4.98 Å². The average molecular weight is 309 g/mol. The zero-order valence-electron chi connectivity index (χ0n) is 11.9. The zero-order valence-corrected chi connectivity index (χ0v) is 12.6. The smallest absolute Gasteiger partial charge is 0.288 e. The van der Waals surface area contributed by atoms with Crippen LogP contribution in [0.25, 0.3) is 11.3 Å². The Morgan fingerprint density at radius 3 is 2.86 bits per heavy atom. The maximum absolute atomic E-state index is 10.9. The van der Waals surface area contributed by atoms with Crippen LogP contribution >= 0.6 is 11.6 Å². The molecule has 0 saturated carbocycles. The van der Waals surface area contributed by atoms with Crippen molar-refractivity contribution in [2.75, 3.05) is 0 Å². The van der Waals surface area contributed by atoms with Gasteiger partial charge in [-0.05, 0) is 19.4 Å². The predicted octanol–water partition coefficient (Wildman–Crippen LogP) is 3.61. The fourth-order valence-electron chi connectivity index (χ4n) is 2.22. The van der Waals surface area contributed by atoms with Gasteiger partial charge < -0.3 is 10.7 Å². The normalized spacial score (nSPS) is 13.9. The molecule has 0 radical (unpaired) electrons. The first-order chi connectivity index (χ1) is 9.85. The van der Waals surface area contributed by atoms with Crippen LogP contribution in [0.15, 0.2) is 24.4 Å². The number of aromatic nitrogens is 2. The summed E-state index contributed by atoms with van der Waals surface area (Å²) in [4.78, 5) is 17.9. The summed E-state index contributed by atoms with van der Waals surface area (Å²) in [7, 11) is 0. The molecule has 0 spiro atoms. The second-order valence-electron chi connectivity index (χ2n) is 5.24. The second-order valence-corrected chi connectivity index (χ2v) is 5.64. The van der Waals surface area contributed by atoms with Crippen LogP contribution in [0.3, 0.4) is 0 Å². The number of rotatable bonds is 5. The first-order valence-corrected chi connectivity index (χ1v) is 7.01.